The van der Waals surface area contributed by atoms with Crippen molar-refractivity contribution in [3.8, 4) is 0 Å². The molecule has 0 radical (unpaired) electrons. The van der Waals surface area contributed by atoms with E-state index in [4.69, 9.17) is 9.47 Å². The number of pyridine rings is 1. The second-order valence-corrected chi connectivity index (χ2v) is 4.80. The minimum absolute atomic E-state index is 0.117. The Kier molecular flexibility index (Phi) is 7.17. The van der Waals surface area contributed by atoms with Gasteiger partial charge in [-0.3, -0.25) is 9.59 Å². The lowest BCUT2D eigenvalue weighted by atomic mass is 10.3. The van der Waals surface area contributed by atoms with Gasteiger partial charge in [0.25, 0.3) is 5.91 Å². The van der Waals surface area contributed by atoms with E-state index in [1.807, 2.05) is 0 Å². The molecule has 0 aromatic carbocycles. The summed E-state index contributed by atoms with van der Waals surface area (Å²) in [6.45, 7) is 2.51. The predicted octanol–water partition coefficient (Wildman–Crippen LogP) is 1.50. The summed E-state index contributed by atoms with van der Waals surface area (Å²) >= 11 is 3.25. The van der Waals surface area contributed by atoms with Gasteiger partial charge in [0, 0.05) is 24.3 Å². The van der Waals surface area contributed by atoms with E-state index in [1.165, 1.54) is 18.2 Å². The molecular weight excluding hydrogens is 328 g/mol. The van der Waals surface area contributed by atoms with Crippen molar-refractivity contribution in [2.75, 3.05) is 33.4 Å². The van der Waals surface area contributed by atoms with E-state index in [2.05, 4.69) is 20.9 Å². The first-order chi connectivity index (χ1) is 9.58. The van der Waals surface area contributed by atoms with Crippen molar-refractivity contribution >= 4 is 27.8 Å². The molecule has 0 spiro atoms. The lowest BCUT2D eigenvalue weighted by Crippen LogP contribution is -2.39. The number of rotatable bonds is 7. The van der Waals surface area contributed by atoms with E-state index in [1.54, 1.807) is 19.1 Å². The Labute approximate surface area is 126 Å². The largest absolute Gasteiger partial charge is 0.465 e. The summed E-state index contributed by atoms with van der Waals surface area (Å²) in [5.74, 6) is -0.781. The van der Waals surface area contributed by atoms with Crippen molar-refractivity contribution in [1.29, 1.82) is 0 Å². The lowest BCUT2D eigenvalue weighted by molar-refractivity contribution is -0.143. The number of halogens is 1. The predicted molar refractivity (Wildman–Crippen MR) is 76.3 cm³/mol. The number of aromatic nitrogens is 1. The average Bonchev–Trinajstić information content (AvgIpc) is 2.44. The van der Waals surface area contributed by atoms with E-state index in [0.29, 0.717) is 13.2 Å². The van der Waals surface area contributed by atoms with E-state index in [9.17, 15) is 9.59 Å². The van der Waals surface area contributed by atoms with Gasteiger partial charge < -0.3 is 14.4 Å². The van der Waals surface area contributed by atoms with Crippen LogP contribution in [0.3, 0.4) is 0 Å². The minimum atomic E-state index is -0.450. The number of carbonyl (C=O) groups is 2. The highest BCUT2D eigenvalue weighted by molar-refractivity contribution is 9.10. The number of carbonyl (C=O) groups excluding carboxylic acids is 2. The van der Waals surface area contributed by atoms with Crippen LogP contribution in [0.15, 0.2) is 22.8 Å². The van der Waals surface area contributed by atoms with Crippen LogP contribution in [0.25, 0.3) is 0 Å². The molecule has 0 fully saturated rings. The Balaban J connectivity index is 2.77. The fourth-order valence-electron chi connectivity index (χ4n) is 1.48. The Bertz CT molecular complexity index is 450. The van der Waals surface area contributed by atoms with Crippen molar-refractivity contribution in [3.63, 3.8) is 0 Å². The van der Waals surface area contributed by atoms with Crippen LogP contribution in [0.1, 0.15) is 17.4 Å². The standard InChI is InChI=1S/C13H17BrN2O4/c1-3-20-12(17)9-16(6-7-19-2)13(18)11-5-4-10(14)8-15-11/h4-5,8H,3,6-7,9H2,1-2H3. The number of esters is 1. The molecule has 1 aromatic heterocycles. The highest BCUT2D eigenvalue weighted by Crippen LogP contribution is 2.09. The van der Waals surface area contributed by atoms with Crippen LogP contribution in [0.2, 0.25) is 0 Å². The number of amides is 1. The molecule has 0 aliphatic carbocycles. The monoisotopic (exact) mass is 344 g/mol. The van der Waals surface area contributed by atoms with Crippen LogP contribution in [-0.4, -0.2) is 55.2 Å². The van der Waals surface area contributed by atoms with Gasteiger partial charge in [-0.25, -0.2) is 4.98 Å². The first-order valence-corrected chi connectivity index (χ1v) is 6.93. The number of hydrogen-bond acceptors (Lipinski definition) is 5. The molecular formula is C13H17BrN2O4. The number of methoxy groups -OCH3 is 1. The first kappa shape index (κ1) is 16.6. The highest BCUT2D eigenvalue weighted by Gasteiger charge is 2.20. The summed E-state index contributed by atoms with van der Waals surface area (Å²) in [7, 11) is 1.53. The highest BCUT2D eigenvalue weighted by atomic mass is 79.9. The summed E-state index contributed by atoms with van der Waals surface area (Å²) in [4.78, 5) is 29.2. The summed E-state index contributed by atoms with van der Waals surface area (Å²) in [5, 5.41) is 0. The molecule has 0 bridgehead atoms. The zero-order valence-electron chi connectivity index (χ0n) is 11.5. The molecule has 0 N–H and O–H groups in total. The third kappa shape index (κ3) is 5.26. The van der Waals surface area contributed by atoms with E-state index in [0.717, 1.165) is 4.47 Å². The number of hydrogen-bond donors (Lipinski definition) is 0. The minimum Gasteiger partial charge on any atom is -0.465 e. The normalized spacial score (nSPS) is 10.2. The second-order valence-electron chi connectivity index (χ2n) is 3.89. The molecule has 0 saturated carbocycles. The molecule has 1 heterocycles. The van der Waals surface area contributed by atoms with Crippen LogP contribution in [0.5, 0.6) is 0 Å². The quantitative estimate of drug-likeness (QED) is 0.701. The van der Waals surface area contributed by atoms with Crippen LogP contribution >= 0.6 is 15.9 Å². The molecule has 110 valence electrons. The molecule has 1 rings (SSSR count). The zero-order valence-corrected chi connectivity index (χ0v) is 13.1. The smallest absolute Gasteiger partial charge is 0.325 e. The molecule has 0 aliphatic rings. The fourth-order valence-corrected chi connectivity index (χ4v) is 1.72. The average molecular weight is 345 g/mol. The fraction of sp³-hybridized carbons (Fsp3) is 0.462. The molecule has 0 unspecified atom stereocenters. The summed E-state index contributed by atoms with van der Waals surface area (Å²) < 4.78 is 10.6. The van der Waals surface area contributed by atoms with Gasteiger partial charge in [0.05, 0.1) is 13.2 Å². The van der Waals surface area contributed by atoms with Gasteiger partial charge >= 0.3 is 5.97 Å². The first-order valence-electron chi connectivity index (χ1n) is 6.13. The third-order valence-corrected chi connectivity index (χ3v) is 2.89. The Morgan fingerprint density at radius 3 is 2.70 bits per heavy atom. The molecule has 1 amide bonds. The molecule has 0 saturated heterocycles. The molecule has 1 aromatic rings. The Hall–Kier alpha value is -1.47. The van der Waals surface area contributed by atoms with Crippen LogP contribution in [-0.2, 0) is 14.3 Å². The molecule has 20 heavy (non-hydrogen) atoms. The van der Waals surface area contributed by atoms with Gasteiger partial charge in [-0.1, -0.05) is 0 Å². The maximum absolute atomic E-state index is 12.3. The van der Waals surface area contributed by atoms with Gasteiger partial charge in [0.15, 0.2) is 0 Å². The molecule has 0 aliphatic heterocycles. The lowest BCUT2D eigenvalue weighted by Gasteiger charge is -2.20. The van der Waals surface area contributed by atoms with Crippen molar-refractivity contribution < 1.29 is 19.1 Å². The van der Waals surface area contributed by atoms with Gasteiger partial charge in [-0.05, 0) is 35.0 Å². The van der Waals surface area contributed by atoms with Gasteiger partial charge in [0.1, 0.15) is 12.2 Å². The van der Waals surface area contributed by atoms with E-state index < -0.39 is 5.97 Å². The van der Waals surface area contributed by atoms with Crippen molar-refractivity contribution in [2.24, 2.45) is 0 Å². The molecule has 7 heteroatoms. The SMILES string of the molecule is CCOC(=O)CN(CCOC)C(=O)c1ccc(Br)cn1. The Morgan fingerprint density at radius 2 is 2.15 bits per heavy atom. The summed E-state index contributed by atoms with van der Waals surface area (Å²) in [5.41, 5.74) is 0.272. The van der Waals surface area contributed by atoms with E-state index >= 15 is 0 Å². The molecule has 6 nitrogen and oxygen atoms in total. The second kappa shape index (κ2) is 8.65. The van der Waals surface area contributed by atoms with Crippen molar-refractivity contribution in [1.82, 2.24) is 9.88 Å². The number of nitrogens with zero attached hydrogens (tertiary/aromatic N) is 2. The van der Waals surface area contributed by atoms with Gasteiger partial charge in [-0.15, -0.1) is 0 Å². The van der Waals surface area contributed by atoms with Crippen LogP contribution in [0, 0.1) is 0 Å². The number of ether oxygens (including phenoxy) is 2. The maximum atomic E-state index is 12.3. The zero-order chi connectivity index (χ0) is 15.0. The summed E-state index contributed by atoms with van der Waals surface area (Å²) in [6.07, 6.45) is 1.53. The van der Waals surface area contributed by atoms with Gasteiger partial charge in [-0.2, -0.15) is 0 Å². The third-order valence-electron chi connectivity index (χ3n) is 2.42. The van der Waals surface area contributed by atoms with Crippen LogP contribution < -0.4 is 0 Å². The topological polar surface area (TPSA) is 68.7 Å². The maximum Gasteiger partial charge on any atom is 0.325 e. The van der Waals surface area contributed by atoms with Gasteiger partial charge in [0.2, 0.25) is 0 Å². The Morgan fingerprint density at radius 1 is 1.40 bits per heavy atom. The summed E-state index contributed by atoms with van der Waals surface area (Å²) in [6, 6.07) is 3.32. The van der Waals surface area contributed by atoms with Crippen molar-refractivity contribution in [3.05, 3.63) is 28.5 Å². The van der Waals surface area contributed by atoms with Crippen molar-refractivity contribution in [2.45, 2.75) is 6.92 Å². The molecule has 0 atom stereocenters. The van der Waals surface area contributed by atoms with E-state index in [-0.39, 0.29) is 24.8 Å². The van der Waals surface area contributed by atoms with Crippen LogP contribution in [0.4, 0.5) is 0 Å².